The highest BCUT2D eigenvalue weighted by Crippen LogP contribution is 2.37. The minimum Gasteiger partial charge on any atom is -0.471 e. The second-order valence-electron chi connectivity index (χ2n) is 9.49. The van der Waals surface area contributed by atoms with Crippen LogP contribution in [0.4, 0.5) is 17.2 Å². The number of likely N-dealkylation sites (N-methyl/N-ethyl adjacent to an activating group) is 1. The average Bonchev–Trinajstić information content (AvgIpc) is 3.43. The van der Waals surface area contributed by atoms with Gasteiger partial charge >= 0.3 is 5.91 Å². The summed E-state index contributed by atoms with van der Waals surface area (Å²) in [6.07, 6.45) is 4.84. The third kappa shape index (κ3) is 5.27. The number of anilines is 3. The van der Waals surface area contributed by atoms with Crippen LogP contribution < -0.4 is 19.7 Å². The fraction of sp³-hybridized carbons (Fsp3) is 0.233. The van der Waals surface area contributed by atoms with E-state index in [9.17, 15) is 4.79 Å². The Morgan fingerprint density at radius 3 is 2.83 bits per heavy atom. The number of nitrogens with zero attached hydrogens (tertiary/aromatic N) is 7. The van der Waals surface area contributed by atoms with E-state index in [0.29, 0.717) is 36.1 Å². The van der Waals surface area contributed by atoms with Gasteiger partial charge in [0.1, 0.15) is 35.7 Å². The molecule has 0 saturated carbocycles. The van der Waals surface area contributed by atoms with Crippen molar-refractivity contribution in [2.45, 2.75) is 20.8 Å². The summed E-state index contributed by atoms with van der Waals surface area (Å²) >= 11 is 0. The lowest BCUT2D eigenvalue weighted by atomic mass is 10.1. The van der Waals surface area contributed by atoms with E-state index >= 15 is 0 Å². The minimum atomic E-state index is -0.246. The topological polar surface area (TPSA) is 110 Å². The largest absolute Gasteiger partial charge is 0.471 e. The molecule has 0 fully saturated rings. The van der Waals surface area contributed by atoms with Crippen LogP contribution in [-0.4, -0.2) is 61.7 Å². The number of benzene rings is 2. The maximum Gasteiger partial charge on any atom is 0.301 e. The normalized spacial score (nSPS) is 13.0. The molecule has 4 heterocycles. The van der Waals surface area contributed by atoms with E-state index < -0.39 is 0 Å². The zero-order chi connectivity index (χ0) is 28.3. The molecule has 0 saturated heterocycles. The van der Waals surface area contributed by atoms with Crippen LogP contribution >= 0.6 is 0 Å². The molecule has 6 rings (SSSR count). The van der Waals surface area contributed by atoms with E-state index in [1.54, 1.807) is 16.3 Å². The Labute approximate surface area is 236 Å². The first kappa shape index (κ1) is 25.9. The van der Waals surface area contributed by atoms with Gasteiger partial charge in [-0.3, -0.25) is 9.69 Å². The van der Waals surface area contributed by atoms with E-state index in [1.165, 1.54) is 12.7 Å². The Hall–Kier alpha value is -5.37. The van der Waals surface area contributed by atoms with Gasteiger partial charge in [0.25, 0.3) is 0 Å². The number of hydrogen-bond acceptors (Lipinski definition) is 9. The molecule has 0 aliphatic carbocycles. The molecule has 0 radical (unpaired) electrons. The van der Waals surface area contributed by atoms with Gasteiger partial charge in [0, 0.05) is 49.0 Å². The van der Waals surface area contributed by atoms with Crippen molar-refractivity contribution < 1.29 is 14.3 Å². The van der Waals surface area contributed by atoms with Gasteiger partial charge in [0.15, 0.2) is 12.4 Å². The number of amides is 1. The second kappa shape index (κ2) is 11.0. The number of aromatic nitrogens is 5. The number of aryl methyl sites for hydroxylation is 1. The summed E-state index contributed by atoms with van der Waals surface area (Å²) in [5, 5.41) is 8.42. The smallest absolute Gasteiger partial charge is 0.301 e. The molecule has 5 aromatic rings. The van der Waals surface area contributed by atoms with Gasteiger partial charge in [-0.1, -0.05) is 5.92 Å². The molecule has 0 unspecified atom stereocenters. The molecular formula is C30H28N8O3. The van der Waals surface area contributed by atoms with Gasteiger partial charge in [-0.2, -0.15) is 5.10 Å². The summed E-state index contributed by atoms with van der Waals surface area (Å²) in [7, 11) is 0. The molecule has 11 nitrogen and oxygen atoms in total. The van der Waals surface area contributed by atoms with Crippen molar-refractivity contribution in [3.05, 3.63) is 66.9 Å². The second-order valence-corrected chi connectivity index (χ2v) is 9.49. The SMILES string of the molecule is CC#CC(=O)N1CCN(CC)c2cc3c(Nc4ccc(Oc5ccn6ncnc6c5)c(C)c4)ncnc3cc2OC1. The number of fused-ring (bicyclic) bond motifs is 3. The quantitative estimate of drug-likeness (QED) is 0.317. The summed E-state index contributed by atoms with van der Waals surface area (Å²) in [5.41, 5.74) is 4.19. The lowest BCUT2D eigenvalue weighted by Crippen LogP contribution is -2.42. The molecular weight excluding hydrogens is 520 g/mol. The zero-order valence-electron chi connectivity index (χ0n) is 23.0. The monoisotopic (exact) mass is 548 g/mol. The fourth-order valence-electron chi connectivity index (χ4n) is 4.75. The Morgan fingerprint density at radius 1 is 1.10 bits per heavy atom. The molecule has 1 N–H and O–H groups in total. The van der Waals surface area contributed by atoms with E-state index in [-0.39, 0.29) is 12.6 Å². The molecule has 0 spiro atoms. The highest BCUT2D eigenvalue weighted by molar-refractivity contribution is 5.95. The van der Waals surface area contributed by atoms with Crippen LogP contribution in [0.3, 0.4) is 0 Å². The van der Waals surface area contributed by atoms with E-state index in [0.717, 1.165) is 40.1 Å². The highest BCUT2D eigenvalue weighted by atomic mass is 16.5. The first-order valence-corrected chi connectivity index (χ1v) is 13.3. The van der Waals surface area contributed by atoms with Crippen LogP contribution in [0, 0.1) is 18.8 Å². The predicted octanol–water partition coefficient (Wildman–Crippen LogP) is 4.54. The van der Waals surface area contributed by atoms with E-state index in [2.05, 4.69) is 49.0 Å². The summed E-state index contributed by atoms with van der Waals surface area (Å²) in [6.45, 7) is 7.74. The number of hydrogen-bond donors (Lipinski definition) is 1. The van der Waals surface area contributed by atoms with Gasteiger partial charge in [-0.05, 0) is 62.6 Å². The molecule has 0 atom stereocenters. The summed E-state index contributed by atoms with van der Waals surface area (Å²) < 4.78 is 13.9. The van der Waals surface area contributed by atoms with Crippen molar-refractivity contribution in [2.24, 2.45) is 0 Å². The molecule has 0 bridgehead atoms. The van der Waals surface area contributed by atoms with Gasteiger partial charge in [-0.15, -0.1) is 0 Å². The molecule has 3 aromatic heterocycles. The van der Waals surface area contributed by atoms with E-state index in [4.69, 9.17) is 9.47 Å². The molecule has 1 aliphatic heterocycles. The van der Waals surface area contributed by atoms with E-state index in [1.807, 2.05) is 55.6 Å². The Balaban J connectivity index is 1.27. The standard InChI is InChI=1S/C30H28N8O3/c1-4-6-29(39)37-12-11-36(5-2)25-15-23-24(16-27(25)40-19-37)31-17-33-30(23)35-21-7-8-26(20(3)13-21)41-22-9-10-38-28(14-22)32-18-34-38/h7-10,13-18H,5,11-12,19H2,1-3H3,(H,31,33,35). The van der Waals surface area contributed by atoms with Gasteiger partial charge in [0.05, 0.1) is 11.2 Å². The summed E-state index contributed by atoms with van der Waals surface area (Å²) in [5.74, 6) is 7.78. The molecule has 11 heteroatoms. The number of rotatable bonds is 5. The molecule has 2 aromatic carbocycles. The van der Waals surface area contributed by atoms with Gasteiger partial charge in [-0.25, -0.2) is 19.5 Å². The maximum absolute atomic E-state index is 12.4. The molecule has 1 amide bonds. The Kier molecular flexibility index (Phi) is 6.95. The summed E-state index contributed by atoms with van der Waals surface area (Å²) in [4.78, 5) is 29.4. The van der Waals surface area contributed by atoms with Crippen molar-refractivity contribution in [1.82, 2.24) is 29.5 Å². The van der Waals surface area contributed by atoms with Crippen LogP contribution in [0.15, 0.2) is 61.3 Å². The minimum absolute atomic E-state index is 0.125. The van der Waals surface area contributed by atoms with Crippen molar-refractivity contribution >= 4 is 39.6 Å². The predicted molar refractivity (Wildman–Crippen MR) is 156 cm³/mol. The number of carbonyl (C=O) groups excluding carboxylic acids is 1. The molecule has 206 valence electrons. The van der Waals surface area contributed by atoms with Gasteiger partial charge in [0.2, 0.25) is 0 Å². The number of ether oxygens (including phenoxy) is 2. The van der Waals surface area contributed by atoms with Crippen molar-refractivity contribution in [2.75, 3.05) is 36.6 Å². The maximum atomic E-state index is 12.4. The van der Waals surface area contributed by atoms with Crippen LogP contribution in [0.5, 0.6) is 17.2 Å². The third-order valence-electron chi connectivity index (χ3n) is 6.89. The Bertz CT molecular complexity index is 1820. The lowest BCUT2D eigenvalue weighted by molar-refractivity contribution is -0.127. The summed E-state index contributed by atoms with van der Waals surface area (Å²) in [6, 6.07) is 13.5. The first-order valence-electron chi connectivity index (χ1n) is 13.3. The zero-order valence-corrected chi connectivity index (χ0v) is 23.0. The van der Waals surface area contributed by atoms with Gasteiger partial charge < -0.3 is 19.7 Å². The molecule has 1 aliphatic rings. The molecule has 41 heavy (non-hydrogen) atoms. The third-order valence-corrected chi connectivity index (χ3v) is 6.89. The first-order chi connectivity index (χ1) is 20.0. The van der Waals surface area contributed by atoms with Crippen molar-refractivity contribution in [1.29, 1.82) is 0 Å². The van der Waals surface area contributed by atoms with Crippen LogP contribution in [-0.2, 0) is 4.79 Å². The number of nitrogens with one attached hydrogen (secondary N) is 1. The van der Waals surface area contributed by atoms with Crippen LogP contribution in [0.25, 0.3) is 16.6 Å². The van der Waals surface area contributed by atoms with Crippen LogP contribution in [0.1, 0.15) is 19.4 Å². The average molecular weight is 549 g/mol. The lowest BCUT2D eigenvalue weighted by Gasteiger charge is -2.32. The fourth-order valence-corrected chi connectivity index (χ4v) is 4.75. The Morgan fingerprint density at radius 2 is 2.00 bits per heavy atom. The van der Waals surface area contributed by atoms with Crippen molar-refractivity contribution in [3.63, 3.8) is 0 Å². The van der Waals surface area contributed by atoms with Crippen LogP contribution in [0.2, 0.25) is 0 Å². The number of carbonyl (C=O) groups is 1. The number of pyridine rings is 1. The van der Waals surface area contributed by atoms with Crippen molar-refractivity contribution in [3.8, 4) is 29.1 Å². The highest BCUT2D eigenvalue weighted by Gasteiger charge is 2.22.